The van der Waals surface area contributed by atoms with Crippen molar-refractivity contribution in [1.29, 1.82) is 0 Å². The Labute approximate surface area is 189 Å². The van der Waals surface area contributed by atoms with E-state index >= 15 is 0 Å². The van der Waals surface area contributed by atoms with Crippen molar-refractivity contribution in [2.75, 3.05) is 24.5 Å². The van der Waals surface area contributed by atoms with Crippen LogP contribution in [-0.2, 0) is 6.54 Å². The second kappa shape index (κ2) is 8.35. The molecule has 8 nitrogen and oxygen atoms in total. The number of amides is 1. The number of piperidine rings is 1. The molecule has 2 fully saturated rings. The van der Waals surface area contributed by atoms with Crippen LogP contribution in [0.25, 0.3) is 5.65 Å². The SMILES string of the molecule is Cc1cn2nc([C@@H]3CCCCN3C(=O)c3ccnn3CC(F)(F)F)cc2nc1N1CCCC1. The topological polar surface area (TPSA) is 71.6 Å². The summed E-state index contributed by atoms with van der Waals surface area (Å²) in [6.45, 7) is 3.15. The number of carbonyl (C=O) groups excluding carboxylic acids is 1. The number of hydrogen-bond acceptors (Lipinski definition) is 5. The molecule has 0 spiro atoms. The van der Waals surface area contributed by atoms with Crippen LogP contribution in [0.15, 0.2) is 24.5 Å². The molecule has 1 amide bonds. The van der Waals surface area contributed by atoms with Crippen molar-refractivity contribution in [2.24, 2.45) is 0 Å². The maximum atomic E-state index is 13.3. The van der Waals surface area contributed by atoms with Crippen LogP contribution in [0.5, 0.6) is 0 Å². The summed E-state index contributed by atoms with van der Waals surface area (Å²) >= 11 is 0. The minimum absolute atomic E-state index is 0.0618. The zero-order valence-electron chi connectivity index (χ0n) is 18.4. The van der Waals surface area contributed by atoms with E-state index in [2.05, 4.69) is 10.00 Å². The Balaban J connectivity index is 1.45. The molecular formula is C22H26F3N7O. The maximum Gasteiger partial charge on any atom is 0.408 e. The molecule has 11 heteroatoms. The molecule has 0 bridgehead atoms. The third-order valence-electron chi connectivity index (χ3n) is 6.40. The van der Waals surface area contributed by atoms with Crippen molar-refractivity contribution >= 4 is 17.4 Å². The number of fused-ring (bicyclic) bond motifs is 1. The molecule has 5 rings (SSSR count). The van der Waals surface area contributed by atoms with Gasteiger partial charge in [-0.2, -0.15) is 23.4 Å². The standard InChI is InChI=1S/C22H26F3N7O/c1-15-13-31-19(27-20(15)29-9-4-5-10-29)12-16(28-31)17-6-2-3-11-30(17)21(33)18-7-8-26-32(18)14-22(23,24)25/h7-8,12-13,17H,2-6,9-11,14H2,1H3/t17-/m0/s1. The first-order valence-electron chi connectivity index (χ1n) is 11.3. The van der Waals surface area contributed by atoms with Crippen LogP contribution in [0.2, 0.25) is 0 Å². The summed E-state index contributed by atoms with van der Waals surface area (Å²) in [5, 5.41) is 8.42. The summed E-state index contributed by atoms with van der Waals surface area (Å²) in [5.74, 6) is 0.500. The monoisotopic (exact) mass is 461 g/mol. The fourth-order valence-corrected chi connectivity index (χ4v) is 4.87. The van der Waals surface area contributed by atoms with Crippen LogP contribution in [0.1, 0.15) is 59.9 Å². The summed E-state index contributed by atoms with van der Waals surface area (Å²) in [6, 6.07) is 2.91. The highest BCUT2D eigenvalue weighted by Gasteiger charge is 2.35. The number of anilines is 1. The van der Waals surface area contributed by atoms with Gasteiger partial charge in [0.15, 0.2) is 5.65 Å². The van der Waals surface area contributed by atoms with Crippen molar-refractivity contribution in [3.05, 3.63) is 41.5 Å². The van der Waals surface area contributed by atoms with Crippen LogP contribution in [0, 0.1) is 6.92 Å². The fourth-order valence-electron chi connectivity index (χ4n) is 4.87. The Morgan fingerprint density at radius 2 is 1.91 bits per heavy atom. The first kappa shape index (κ1) is 21.7. The van der Waals surface area contributed by atoms with Gasteiger partial charge in [0, 0.05) is 43.7 Å². The average Bonchev–Trinajstić information content (AvgIpc) is 3.52. The molecule has 0 saturated carbocycles. The summed E-state index contributed by atoms with van der Waals surface area (Å²) in [4.78, 5) is 22.0. The number of aromatic nitrogens is 5. The summed E-state index contributed by atoms with van der Waals surface area (Å²) in [6.07, 6.45) is 3.43. The zero-order valence-corrected chi connectivity index (χ0v) is 18.4. The number of halogens is 3. The molecule has 5 heterocycles. The maximum absolute atomic E-state index is 13.3. The van der Waals surface area contributed by atoms with E-state index in [9.17, 15) is 18.0 Å². The molecule has 0 radical (unpaired) electrons. The molecule has 33 heavy (non-hydrogen) atoms. The van der Waals surface area contributed by atoms with E-state index in [1.807, 2.05) is 19.2 Å². The molecule has 0 N–H and O–H groups in total. The highest BCUT2D eigenvalue weighted by atomic mass is 19.4. The lowest BCUT2D eigenvalue weighted by molar-refractivity contribution is -0.142. The number of rotatable bonds is 4. The summed E-state index contributed by atoms with van der Waals surface area (Å²) < 4.78 is 41.3. The van der Waals surface area contributed by atoms with Gasteiger partial charge in [-0.05, 0) is 45.1 Å². The second-order valence-corrected chi connectivity index (χ2v) is 8.81. The van der Waals surface area contributed by atoms with Crippen LogP contribution >= 0.6 is 0 Å². The molecule has 0 unspecified atom stereocenters. The van der Waals surface area contributed by atoms with Gasteiger partial charge >= 0.3 is 6.18 Å². The molecule has 1 atom stereocenters. The minimum atomic E-state index is -4.46. The third-order valence-corrected chi connectivity index (χ3v) is 6.40. The number of hydrogen-bond donors (Lipinski definition) is 0. The predicted octanol–water partition coefficient (Wildman–Crippen LogP) is 3.76. The quantitative estimate of drug-likeness (QED) is 0.592. The second-order valence-electron chi connectivity index (χ2n) is 8.81. The van der Waals surface area contributed by atoms with Crippen LogP contribution < -0.4 is 4.90 Å². The summed E-state index contributed by atoms with van der Waals surface area (Å²) in [5.41, 5.74) is 2.38. The number of alkyl halides is 3. The molecule has 3 aromatic heterocycles. The number of aryl methyl sites for hydroxylation is 1. The van der Waals surface area contributed by atoms with E-state index in [1.165, 1.54) is 12.3 Å². The van der Waals surface area contributed by atoms with Gasteiger partial charge in [0.2, 0.25) is 0 Å². The van der Waals surface area contributed by atoms with E-state index in [-0.39, 0.29) is 11.7 Å². The normalized spacial score (nSPS) is 19.6. The Hall–Kier alpha value is -3.11. The Morgan fingerprint density at radius 3 is 2.67 bits per heavy atom. The molecule has 2 aliphatic rings. The van der Waals surface area contributed by atoms with Crippen molar-refractivity contribution in [1.82, 2.24) is 29.3 Å². The molecule has 176 valence electrons. The van der Waals surface area contributed by atoms with Crippen molar-refractivity contribution in [3.63, 3.8) is 0 Å². The molecule has 3 aromatic rings. The zero-order chi connectivity index (χ0) is 23.2. The Kier molecular flexibility index (Phi) is 5.49. The lowest BCUT2D eigenvalue weighted by atomic mass is 9.99. The van der Waals surface area contributed by atoms with Crippen molar-refractivity contribution < 1.29 is 18.0 Å². The first-order chi connectivity index (χ1) is 15.8. The van der Waals surface area contributed by atoms with Gasteiger partial charge in [0.05, 0.1) is 11.7 Å². The van der Waals surface area contributed by atoms with E-state index in [0.29, 0.717) is 24.3 Å². The van der Waals surface area contributed by atoms with Crippen molar-refractivity contribution in [2.45, 2.75) is 57.8 Å². The molecule has 0 aliphatic carbocycles. The highest BCUT2D eigenvalue weighted by Crippen LogP contribution is 2.33. The average molecular weight is 461 g/mol. The Bertz CT molecular complexity index is 1160. The van der Waals surface area contributed by atoms with Gasteiger partial charge in [-0.15, -0.1) is 0 Å². The number of likely N-dealkylation sites (tertiary alicyclic amines) is 1. The molecular weight excluding hydrogens is 435 g/mol. The number of carbonyl (C=O) groups is 1. The molecule has 0 aromatic carbocycles. The van der Waals surface area contributed by atoms with Gasteiger partial charge < -0.3 is 9.80 Å². The molecule has 2 aliphatic heterocycles. The van der Waals surface area contributed by atoms with Gasteiger partial charge in [0.25, 0.3) is 5.91 Å². The highest BCUT2D eigenvalue weighted by molar-refractivity contribution is 5.93. The summed E-state index contributed by atoms with van der Waals surface area (Å²) in [7, 11) is 0. The third kappa shape index (κ3) is 4.28. The smallest absolute Gasteiger partial charge is 0.356 e. The molecule has 2 saturated heterocycles. The van der Waals surface area contributed by atoms with E-state index < -0.39 is 18.6 Å². The predicted molar refractivity (Wildman–Crippen MR) is 115 cm³/mol. The Morgan fingerprint density at radius 1 is 1.15 bits per heavy atom. The fraction of sp³-hybridized carbons (Fsp3) is 0.545. The largest absolute Gasteiger partial charge is 0.408 e. The lowest BCUT2D eigenvalue weighted by Gasteiger charge is -2.34. The van der Waals surface area contributed by atoms with Gasteiger partial charge in [-0.3, -0.25) is 9.48 Å². The van der Waals surface area contributed by atoms with Crippen LogP contribution in [-0.4, -0.2) is 61.0 Å². The minimum Gasteiger partial charge on any atom is -0.356 e. The van der Waals surface area contributed by atoms with E-state index in [4.69, 9.17) is 10.1 Å². The van der Waals surface area contributed by atoms with Gasteiger partial charge in [0.1, 0.15) is 18.1 Å². The lowest BCUT2D eigenvalue weighted by Crippen LogP contribution is -2.40. The number of nitrogens with zero attached hydrogens (tertiary/aromatic N) is 7. The van der Waals surface area contributed by atoms with Crippen molar-refractivity contribution in [3.8, 4) is 0 Å². The van der Waals surface area contributed by atoms with Crippen LogP contribution in [0.4, 0.5) is 19.0 Å². The first-order valence-corrected chi connectivity index (χ1v) is 11.3. The van der Waals surface area contributed by atoms with E-state index in [0.717, 1.165) is 54.8 Å². The van der Waals surface area contributed by atoms with Gasteiger partial charge in [-0.1, -0.05) is 0 Å². The van der Waals surface area contributed by atoms with E-state index in [1.54, 1.807) is 9.42 Å². The van der Waals surface area contributed by atoms with Gasteiger partial charge in [-0.25, -0.2) is 9.50 Å². The van der Waals surface area contributed by atoms with Crippen LogP contribution in [0.3, 0.4) is 0 Å².